The van der Waals surface area contributed by atoms with Crippen molar-refractivity contribution in [2.24, 2.45) is 0 Å². The summed E-state index contributed by atoms with van der Waals surface area (Å²) in [6, 6.07) is -0.966. The number of ether oxygens (including phenoxy) is 1. The Morgan fingerprint density at radius 3 is 1.20 bits per heavy atom. The van der Waals surface area contributed by atoms with E-state index in [2.05, 4.69) is 26.1 Å². The van der Waals surface area contributed by atoms with Gasteiger partial charge in [-0.05, 0) is 19.3 Å². The molecule has 8 heteroatoms. The van der Waals surface area contributed by atoms with Crippen molar-refractivity contribution in [3.63, 3.8) is 0 Å². The molecule has 0 aromatic heterocycles. The number of nitrogens with zero attached hydrogens (tertiary/aromatic N) is 1. The second-order valence-electron chi connectivity index (χ2n) is 17.4. The van der Waals surface area contributed by atoms with Gasteiger partial charge in [0.2, 0.25) is 11.8 Å². The van der Waals surface area contributed by atoms with Gasteiger partial charge in [0.15, 0.2) is 6.23 Å². The van der Waals surface area contributed by atoms with Crippen LogP contribution >= 0.6 is 0 Å². The molecule has 0 aromatic rings. The Balaban J connectivity index is 2.69. The van der Waals surface area contributed by atoms with Crippen molar-refractivity contribution in [2.45, 2.75) is 283 Å². The lowest BCUT2D eigenvalue weighted by Gasteiger charge is -2.47. The average Bonchev–Trinajstić information content (AvgIpc) is 3.20. The molecule has 0 spiro atoms. The first-order valence-electron chi connectivity index (χ1n) is 24.6. The molecule has 0 aromatic carbocycles. The summed E-state index contributed by atoms with van der Waals surface area (Å²) >= 11 is 0. The molecule has 0 aliphatic carbocycles. The lowest BCUT2D eigenvalue weighted by molar-refractivity contribution is -0.231. The molecule has 1 saturated heterocycles. The van der Waals surface area contributed by atoms with Crippen LogP contribution in [0.5, 0.6) is 0 Å². The SMILES string of the molecule is CCCCCCCCCCCCCCCCCCN(C(=O)CCCCCCCCCCC)C1O[C@H](CO)[C@@H](O)[C@H](O)[C@H]1NC(=O)CCCCCCCCCCC. The monoisotopic (exact) mass is 795 g/mol. The third kappa shape index (κ3) is 26.7. The molecule has 1 rings (SSSR count). The Kier molecular flexibility index (Phi) is 35.8. The lowest BCUT2D eigenvalue weighted by atomic mass is 9.94. The largest absolute Gasteiger partial charge is 0.394 e. The number of nitrogens with one attached hydrogen (secondary N) is 1. The van der Waals surface area contributed by atoms with E-state index >= 15 is 0 Å². The van der Waals surface area contributed by atoms with E-state index in [4.69, 9.17) is 4.74 Å². The van der Waals surface area contributed by atoms with Gasteiger partial charge in [-0.25, -0.2) is 0 Å². The number of amides is 2. The van der Waals surface area contributed by atoms with Gasteiger partial charge in [-0.15, -0.1) is 0 Å². The van der Waals surface area contributed by atoms with Crippen LogP contribution in [0.4, 0.5) is 0 Å². The molecule has 0 radical (unpaired) electrons. The smallest absolute Gasteiger partial charge is 0.224 e. The van der Waals surface area contributed by atoms with Crippen molar-refractivity contribution in [3.8, 4) is 0 Å². The van der Waals surface area contributed by atoms with E-state index in [0.717, 1.165) is 57.8 Å². The number of hydrogen-bond acceptors (Lipinski definition) is 6. The summed E-state index contributed by atoms with van der Waals surface area (Å²) in [5, 5.41) is 35.2. The fraction of sp³-hybridized carbons (Fsp3) is 0.958. The summed E-state index contributed by atoms with van der Waals surface area (Å²) in [6.45, 7) is 6.72. The Morgan fingerprint density at radius 2 is 0.821 bits per heavy atom. The zero-order valence-corrected chi connectivity index (χ0v) is 37.3. The Morgan fingerprint density at radius 1 is 0.482 bits per heavy atom. The van der Waals surface area contributed by atoms with Crippen LogP contribution in [0.25, 0.3) is 0 Å². The van der Waals surface area contributed by atoms with Crippen LogP contribution in [-0.2, 0) is 14.3 Å². The minimum Gasteiger partial charge on any atom is -0.394 e. The van der Waals surface area contributed by atoms with Crippen molar-refractivity contribution in [3.05, 3.63) is 0 Å². The van der Waals surface area contributed by atoms with Gasteiger partial charge in [-0.1, -0.05) is 220 Å². The fourth-order valence-corrected chi connectivity index (χ4v) is 8.33. The average molecular weight is 795 g/mol. The summed E-state index contributed by atoms with van der Waals surface area (Å²) in [5.74, 6) is -0.244. The number of rotatable bonds is 40. The van der Waals surface area contributed by atoms with Crippen LogP contribution in [-0.4, -0.2) is 75.8 Å². The van der Waals surface area contributed by atoms with Gasteiger partial charge < -0.3 is 30.3 Å². The maximum absolute atomic E-state index is 13.9. The van der Waals surface area contributed by atoms with Crippen molar-refractivity contribution < 1.29 is 29.6 Å². The normalized spacial score (nSPS) is 19.7. The second kappa shape index (κ2) is 38.0. The van der Waals surface area contributed by atoms with Crippen molar-refractivity contribution >= 4 is 11.8 Å². The number of carbonyl (C=O) groups is 2. The number of unbranched alkanes of at least 4 members (excludes halogenated alkanes) is 31. The lowest BCUT2D eigenvalue weighted by Crippen LogP contribution is -2.68. The number of carbonyl (C=O) groups excluding carboxylic acids is 2. The number of aliphatic hydroxyl groups is 3. The van der Waals surface area contributed by atoms with E-state index in [0.29, 0.717) is 19.4 Å². The zero-order chi connectivity index (χ0) is 40.9. The van der Waals surface area contributed by atoms with E-state index < -0.39 is 37.2 Å². The molecule has 0 saturated carbocycles. The van der Waals surface area contributed by atoms with Gasteiger partial charge in [0.25, 0.3) is 0 Å². The Labute approximate surface area is 346 Å². The van der Waals surface area contributed by atoms with E-state index in [1.807, 2.05) is 0 Å². The summed E-state index contributed by atoms with van der Waals surface area (Å²) < 4.78 is 6.21. The topological polar surface area (TPSA) is 119 Å². The van der Waals surface area contributed by atoms with Gasteiger partial charge in [-0.3, -0.25) is 9.59 Å². The fourth-order valence-electron chi connectivity index (χ4n) is 8.33. The van der Waals surface area contributed by atoms with Crippen LogP contribution in [0, 0.1) is 0 Å². The molecule has 1 unspecified atom stereocenters. The highest BCUT2D eigenvalue weighted by atomic mass is 16.5. The molecule has 1 heterocycles. The predicted octanol–water partition coefficient (Wildman–Crippen LogP) is 11.8. The van der Waals surface area contributed by atoms with E-state index in [1.54, 1.807) is 4.90 Å². The maximum Gasteiger partial charge on any atom is 0.224 e. The van der Waals surface area contributed by atoms with Crippen molar-refractivity contribution in [2.75, 3.05) is 13.2 Å². The van der Waals surface area contributed by atoms with Crippen LogP contribution in [0.3, 0.4) is 0 Å². The second-order valence-corrected chi connectivity index (χ2v) is 17.4. The van der Waals surface area contributed by atoms with E-state index in [9.17, 15) is 24.9 Å². The first-order chi connectivity index (χ1) is 27.4. The minimum atomic E-state index is -1.36. The number of hydrogen-bond donors (Lipinski definition) is 4. The third-order valence-corrected chi connectivity index (χ3v) is 12.1. The molecular formula is C48H94N2O6. The van der Waals surface area contributed by atoms with Crippen molar-refractivity contribution in [1.82, 2.24) is 10.2 Å². The van der Waals surface area contributed by atoms with Crippen LogP contribution in [0.15, 0.2) is 0 Å². The molecule has 5 atom stereocenters. The molecule has 56 heavy (non-hydrogen) atoms. The van der Waals surface area contributed by atoms with E-state index in [-0.39, 0.29) is 11.8 Å². The summed E-state index contributed by atoms with van der Waals surface area (Å²) in [4.78, 5) is 28.9. The van der Waals surface area contributed by atoms with Crippen molar-refractivity contribution in [1.29, 1.82) is 0 Å². The van der Waals surface area contributed by atoms with Gasteiger partial charge in [0.1, 0.15) is 24.4 Å². The van der Waals surface area contributed by atoms with Crippen LogP contribution in [0.2, 0.25) is 0 Å². The maximum atomic E-state index is 13.9. The highest BCUT2D eigenvalue weighted by Gasteiger charge is 2.48. The molecule has 8 nitrogen and oxygen atoms in total. The summed E-state index contributed by atoms with van der Waals surface area (Å²) in [5.41, 5.74) is 0. The number of aliphatic hydroxyl groups excluding tert-OH is 3. The van der Waals surface area contributed by atoms with Gasteiger partial charge in [0.05, 0.1) is 6.61 Å². The van der Waals surface area contributed by atoms with E-state index in [1.165, 1.54) is 161 Å². The summed E-state index contributed by atoms with van der Waals surface area (Å²) in [6.07, 6.45) is 37.3. The first-order valence-corrected chi connectivity index (χ1v) is 24.6. The first kappa shape index (κ1) is 52.8. The zero-order valence-electron chi connectivity index (χ0n) is 37.3. The summed E-state index contributed by atoms with van der Waals surface area (Å²) in [7, 11) is 0. The minimum absolute atomic E-state index is 0.0441. The van der Waals surface area contributed by atoms with Gasteiger partial charge in [-0.2, -0.15) is 0 Å². The molecule has 1 aliphatic rings. The van der Waals surface area contributed by atoms with Crippen LogP contribution in [0.1, 0.15) is 252 Å². The Bertz CT molecular complexity index is 890. The Hall–Kier alpha value is -1.22. The molecular weight excluding hydrogens is 701 g/mol. The highest BCUT2D eigenvalue weighted by Crippen LogP contribution is 2.26. The molecule has 2 amide bonds. The van der Waals surface area contributed by atoms with Gasteiger partial charge in [0, 0.05) is 19.4 Å². The molecule has 332 valence electrons. The molecule has 1 aliphatic heterocycles. The highest BCUT2D eigenvalue weighted by molar-refractivity contribution is 5.78. The quantitative estimate of drug-likeness (QED) is 0.0459. The van der Waals surface area contributed by atoms with Crippen LogP contribution < -0.4 is 5.32 Å². The standard InChI is InChI=1S/C48H94N2O6/c1-4-7-10-13-16-19-20-21-22-23-24-25-28-31-34-37-40-50(44(53)39-36-33-30-27-18-15-12-9-6-3)48-45(47(55)46(54)42(41-51)56-48)49-43(52)38-35-32-29-26-17-14-11-8-5-2/h42,45-48,51,54-55H,4-41H2,1-3H3,(H,49,52)/t42-,45-,46-,47-,48?/m1/s1. The van der Waals surface area contributed by atoms with Gasteiger partial charge >= 0.3 is 0 Å². The predicted molar refractivity (Wildman–Crippen MR) is 235 cm³/mol. The third-order valence-electron chi connectivity index (χ3n) is 12.1. The molecule has 4 N–H and O–H groups in total. The molecule has 0 bridgehead atoms. The molecule has 1 fully saturated rings.